The molecule has 0 spiro atoms. The van der Waals surface area contributed by atoms with Crippen LogP contribution in [0.1, 0.15) is 32.1 Å². The van der Waals surface area contributed by atoms with Crippen LogP contribution in [0.2, 0.25) is 0 Å². The number of nitrogens with one attached hydrogen (secondary N) is 2. The Hall–Kier alpha value is -1.46. The summed E-state index contributed by atoms with van der Waals surface area (Å²) in [6.45, 7) is 11.2. The molecule has 1 rings (SSSR count). The van der Waals surface area contributed by atoms with Crippen LogP contribution < -0.4 is 10.6 Å². The number of carboxylic acids is 1. The van der Waals surface area contributed by atoms with E-state index < -0.39 is 5.97 Å². The lowest BCUT2D eigenvalue weighted by Gasteiger charge is -2.22. The molecular formula is C28H54N2O12. The molecule has 0 atom stereocenters. The molecule has 1 aliphatic rings. The van der Waals surface area contributed by atoms with Crippen LogP contribution in [0, 0.1) is 0 Å². The van der Waals surface area contributed by atoms with Crippen molar-refractivity contribution in [2.75, 3.05) is 132 Å². The first kappa shape index (κ1) is 38.6. The van der Waals surface area contributed by atoms with E-state index in [1.165, 1.54) is 0 Å². The number of carboxylic acid groups (broad SMARTS) is 1. The van der Waals surface area contributed by atoms with Crippen molar-refractivity contribution in [2.45, 2.75) is 38.2 Å². The molecule has 248 valence electrons. The average Bonchev–Trinajstić information content (AvgIpc) is 2.99. The number of hydrogen-bond acceptors (Lipinski definition) is 12. The summed E-state index contributed by atoms with van der Waals surface area (Å²) in [6, 6.07) is 0. The molecule has 14 heteroatoms. The molecule has 42 heavy (non-hydrogen) atoms. The van der Waals surface area contributed by atoms with E-state index in [1.807, 2.05) is 0 Å². The minimum absolute atomic E-state index is 0.00603. The van der Waals surface area contributed by atoms with Gasteiger partial charge in [0.05, 0.1) is 118 Å². The van der Waals surface area contributed by atoms with Crippen LogP contribution in [0.25, 0.3) is 0 Å². The third kappa shape index (κ3) is 28.6. The molecule has 1 aliphatic heterocycles. The number of rotatable bonds is 32. The maximum absolute atomic E-state index is 11.3. The Morgan fingerprint density at radius 1 is 0.571 bits per heavy atom. The highest BCUT2D eigenvalue weighted by Gasteiger charge is 2.12. The van der Waals surface area contributed by atoms with E-state index in [0.29, 0.717) is 131 Å². The largest absolute Gasteiger partial charge is 0.481 e. The van der Waals surface area contributed by atoms with Gasteiger partial charge in [-0.1, -0.05) is 0 Å². The van der Waals surface area contributed by atoms with Crippen LogP contribution in [0.15, 0.2) is 0 Å². The Labute approximate surface area is 250 Å². The Morgan fingerprint density at radius 3 is 1.36 bits per heavy atom. The lowest BCUT2D eigenvalue weighted by molar-refractivity contribution is -0.138. The maximum atomic E-state index is 11.3. The Kier molecular flexibility index (Phi) is 28.4. The van der Waals surface area contributed by atoms with Crippen LogP contribution >= 0.6 is 0 Å². The van der Waals surface area contributed by atoms with Gasteiger partial charge >= 0.3 is 5.97 Å². The highest BCUT2D eigenvalue weighted by Crippen LogP contribution is 2.06. The molecule has 0 unspecified atom stereocenters. The van der Waals surface area contributed by atoms with Gasteiger partial charge < -0.3 is 58.4 Å². The lowest BCUT2D eigenvalue weighted by atomic mass is 10.1. The normalized spacial score (nSPS) is 13.9. The summed E-state index contributed by atoms with van der Waals surface area (Å²) in [5.41, 5.74) is 0. The van der Waals surface area contributed by atoms with Crippen molar-refractivity contribution in [1.29, 1.82) is 0 Å². The van der Waals surface area contributed by atoms with Crippen molar-refractivity contribution in [3.8, 4) is 0 Å². The molecule has 0 aromatic heterocycles. The van der Waals surface area contributed by atoms with Gasteiger partial charge in [0, 0.05) is 19.6 Å². The molecule has 0 radical (unpaired) electrons. The Morgan fingerprint density at radius 2 is 0.952 bits per heavy atom. The minimum Gasteiger partial charge on any atom is -0.481 e. The highest BCUT2D eigenvalue weighted by atomic mass is 16.6. The van der Waals surface area contributed by atoms with Gasteiger partial charge in [-0.3, -0.25) is 9.59 Å². The first-order valence-corrected chi connectivity index (χ1v) is 15.1. The van der Waals surface area contributed by atoms with Crippen LogP contribution in [-0.2, 0) is 52.2 Å². The third-order valence-electron chi connectivity index (χ3n) is 5.83. The second kappa shape index (κ2) is 31.0. The van der Waals surface area contributed by atoms with Gasteiger partial charge in [-0.15, -0.1) is 0 Å². The number of piperidine rings is 1. The fraction of sp³-hybridized carbons (Fsp3) is 0.929. The number of carbonyl (C=O) groups is 2. The summed E-state index contributed by atoms with van der Waals surface area (Å²) in [6.07, 6.45) is 3.00. The van der Waals surface area contributed by atoms with Gasteiger partial charge in [0.1, 0.15) is 0 Å². The summed E-state index contributed by atoms with van der Waals surface area (Å²) in [5.74, 6) is -1.24. The first-order chi connectivity index (χ1) is 20.7. The van der Waals surface area contributed by atoms with E-state index in [9.17, 15) is 9.59 Å². The molecule has 1 amide bonds. The van der Waals surface area contributed by atoms with E-state index in [2.05, 4.69) is 10.6 Å². The van der Waals surface area contributed by atoms with Crippen molar-refractivity contribution in [2.24, 2.45) is 0 Å². The second-order valence-corrected chi connectivity index (χ2v) is 9.32. The third-order valence-corrected chi connectivity index (χ3v) is 5.83. The van der Waals surface area contributed by atoms with Crippen LogP contribution in [0.4, 0.5) is 0 Å². The molecule has 0 aromatic carbocycles. The Bertz CT molecular complexity index is 611. The molecule has 14 nitrogen and oxygen atoms in total. The number of aliphatic carboxylic acids is 1. The van der Waals surface area contributed by atoms with E-state index in [-0.39, 0.29) is 18.7 Å². The molecule has 1 saturated heterocycles. The standard InChI is InChI=1S/C28H54N2O12/c31-27(2-3-28(32)33)30-6-1-9-34-10-11-35-12-13-36-14-15-37-16-17-38-18-19-39-20-21-40-22-23-41-24-25-42-26-4-7-29-8-5-26/h26,29H,1-25H2,(H,30,31)(H,32,33). The second-order valence-electron chi connectivity index (χ2n) is 9.32. The molecule has 1 fully saturated rings. The van der Waals surface area contributed by atoms with Gasteiger partial charge in [0.15, 0.2) is 0 Å². The number of carbonyl (C=O) groups excluding carboxylic acids is 1. The monoisotopic (exact) mass is 610 g/mol. The molecule has 1 heterocycles. The number of amides is 1. The zero-order valence-corrected chi connectivity index (χ0v) is 25.2. The molecule has 0 bridgehead atoms. The van der Waals surface area contributed by atoms with E-state index in [4.69, 9.17) is 47.7 Å². The van der Waals surface area contributed by atoms with Gasteiger partial charge in [0.2, 0.25) is 5.91 Å². The predicted octanol–water partition coefficient (Wildman–Crippen LogP) is 0.259. The SMILES string of the molecule is O=C(O)CCC(=O)NCCCOCCOCCOCCOCCOCCOCCOCCOCCOC1CCNCC1. The van der Waals surface area contributed by atoms with E-state index in [1.54, 1.807) is 0 Å². The van der Waals surface area contributed by atoms with Gasteiger partial charge in [-0.25, -0.2) is 0 Å². The molecule has 0 aliphatic carbocycles. The number of ether oxygens (including phenoxy) is 9. The fourth-order valence-electron chi connectivity index (χ4n) is 3.59. The number of hydrogen-bond donors (Lipinski definition) is 3. The smallest absolute Gasteiger partial charge is 0.303 e. The van der Waals surface area contributed by atoms with Crippen molar-refractivity contribution in [3.05, 3.63) is 0 Å². The van der Waals surface area contributed by atoms with Crippen molar-refractivity contribution < 1.29 is 57.3 Å². The summed E-state index contributed by atoms with van der Waals surface area (Å²) in [5, 5.41) is 14.5. The van der Waals surface area contributed by atoms with Gasteiger partial charge in [-0.05, 0) is 32.4 Å². The summed E-state index contributed by atoms with van der Waals surface area (Å²) in [4.78, 5) is 21.7. The zero-order valence-electron chi connectivity index (χ0n) is 25.2. The first-order valence-electron chi connectivity index (χ1n) is 15.1. The molecule has 0 saturated carbocycles. The topological polar surface area (TPSA) is 162 Å². The predicted molar refractivity (Wildman–Crippen MR) is 153 cm³/mol. The fourth-order valence-corrected chi connectivity index (χ4v) is 3.59. The average molecular weight is 611 g/mol. The van der Waals surface area contributed by atoms with Crippen molar-refractivity contribution in [1.82, 2.24) is 10.6 Å². The quantitative estimate of drug-likeness (QED) is 0.0891. The maximum Gasteiger partial charge on any atom is 0.303 e. The minimum atomic E-state index is -0.979. The van der Waals surface area contributed by atoms with Crippen LogP contribution in [-0.4, -0.2) is 155 Å². The summed E-state index contributed by atoms with van der Waals surface area (Å²) >= 11 is 0. The van der Waals surface area contributed by atoms with Crippen LogP contribution in [0.5, 0.6) is 0 Å². The Balaban J connectivity index is 1.63. The molecular weight excluding hydrogens is 556 g/mol. The summed E-state index contributed by atoms with van der Waals surface area (Å²) < 4.78 is 49.4. The lowest BCUT2D eigenvalue weighted by Crippen LogP contribution is -2.33. The molecule has 3 N–H and O–H groups in total. The highest BCUT2D eigenvalue weighted by molar-refractivity contribution is 5.80. The molecule has 0 aromatic rings. The summed E-state index contributed by atoms with van der Waals surface area (Å²) in [7, 11) is 0. The van der Waals surface area contributed by atoms with E-state index in [0.717, 1.165) is 25.9 Å². The van der Waals surface area contributed by atoms with Gasteiger partial charge in [0.25, 0.3) is 0 Å². The van der Waals surface area contributed by atoms with Crippen molar-refractivity contribution in [3.63, 3.8) is 0 Å². The van der Waals surface area contributed by atoms with Gasteiger partial charge in [-0.2, -0.15) is 0 Å². The van der Waals surface area contributed by atoms with E-state index >= 15 is 0 Å². The van der Waals surface area contributed by atoms with Crippen molar-refractivity contribution >= 4 is 11.9 Å². The van der Waals surface area contributed by atoms with Crippen LogP contribution in [0.3, 0.4) is 0 Å². The zero-order chi connectivity index (χ0) is 30.2.